The number of imidazole rings is 1. The number of aromatic nitrogens is 2. The lowest BCUT2D eigenvalue weighted by molar-refractivity contribution is -0.117. The molecule has 126 valence electrons. The highest BCUT2D eigenvalue weighted by Gasteiger charge is 2.12. The van der Waals surface area contributed by atoms with Crippen LogP contribution >= 0.6 is 0 Å². The molecule has 2 rings (SSSR count). The fourth-order valence-electron chi connectivity index (χ4n) is 1.93. The molecule has 1 aromatic carbocycles. The predicted octanol–water partition coefficient (Wildman–Crippen LogP) is 0.967. The van der Waals surface area contributed by atoms with Crippen molar-refractivity contribution >= 4 is 29.2 Å². The van der Waals surface area contributed by atoms with E-state index in [0.717, 1.165) is 0 Å². The molecule has 4 amide bonds. The highest BCUT2D eigenvalue weighted by Crippen LogP contribution is 2.16. The lowest BCUT2D eigenvalue weighted by Gasteiger charge is -2.09. The maximum absolute atomic E-state index is 12.1. The summed E-state index contributed by atoms with van der Waals surface area (Å²) in [4.78, 5) is 41.2. The van der Waals surface area contributed by atoms with E-state index in [9.17, 15) is 14.4 Å². The highest BCUT2D eigenvalue weighted by atomic mass is 16.2. The molecule has 0 aliphatic carbocycles. The number of nitrogens with two attached hydrogens (primary N) is 1. The number of rotatable bonds is 6. The summed E-state index contributed by atoms with van der Waals surface area (Å²) in [7, 11) is 0. The molecular weight excluding hydrogens is 312 g/mol. The van der Waals surface area contributed by atoms with Crippen LogP contribution in [0.25, 0.3) is 0 Å². The van der Waals surface area contributed by atoms with Gasteiger partial charge >= 0.3 is 6.03 Å². The topological polar surface area (TPSA) is 142 Å². The van der Waals surface area contributed by atoms with Gasteiger partial charge in [0, 0.05) is 30.0 Å². The van der Waals surface area contributed by atoms with E-state index in [-0.39, 0.29) is 18.9 Å². The molecule has 0 aliphatic rings. The van der Waals surface area contributed by atoms with E-state index in [0.29, 0.717) is 22.8 Å². The normalized spacial score (nSPS) is 10.0. The second-order valence-corrected chi connectivity index (χ2v) is 5.01. The van der Waals surface area contributed by atoms with E-state index in [1.165, 1.54) is 6.33 Å². The fourth-order valence-corrected chi connectivity index (χ4v) is 1.93. The molecule has 0 radical (unpaired) electrons. The van der Waals surface area contributed by atoms with E-state index in [1.54, 1.807) is 31.2 Å². The van der Waals surface area contributed by atoms with Crippen LogP contribution in [0, 0.1) is 6.92 Å². The number of primary amides is 1. The van der Waals surface area contributed by atoms with E-state index in [2.05, 4.69) is 25.9 Å². The van der Waals surface area contributed by atoms with Crippen molar-refractivity contribution in [3.05, 3.63) is 42.0 Å². The number of nitrogens with one attached hydrogen (secondary N) is 4. The number of aromatic amines is 1. The van der Waals surface area contributed by atoms with E-state index >= 15 is 0 Å². The van der Waals surface area contributed by atoms with Crippen molar-refractivity contribution in [3.8, 4) is 0 Å². The molecule has 0 unspecified atom stereocenters. The molecule has 0 fully saturated rings. The molecule has 0 atom stereocenters. The Morgan fingerprint density at radius 3 is 2.54 bits per heavy atom. The Morgan fingerprint density at radius 2 is 1.92 bits per heavy atom. The van der Waals surface area contributed by atoms with Crippen molar-refractivity contribution in [2.24, 2.45) is 5.73 Å². The summed E-state index contributed by atoms with van der Waals surface area (Å²) in [6, 6.07) is 6.18. The predicted molar refractivity (Wildman–Crippen MR) is 88.6 cm³/mol. The molecule has 0 aliphatic heterocycles. The van der Waals surface area contributed by atoms with Crippen LogP contribution < -0.4 is 21.7 Å². The number of hydrogen-bond donors (Lipinski definition) is 5. The number of carbonyl (C=O) groups is 3. The van der Waals surface area contributed by atoms with Crippen LogP contribution in [0.1, 0.15) is 22.6 Å². The van der Waals surface area contributed by atoms with Crippen LogP contribution in [0.15, 0.2) is 30.6 Å². The third-order valence-electron chi connectivity index (χ3n) is 3.08. The third kappa shape index (κ3) is 4.83. The van der Waals surface area contributed by atoms with Gasteiger partial charge in [-0.1, -0.05) is 6.07 Å². The van der Waals surface area contributed by atoms with Gasteiger partial charge in [0.15, 0.2) is 0 Å². The Bertz CT molecular complexity index is 755. The van der Waals surface area contributed by atoms with Crippen molar-refractivity contribution in [1.82, 2.24) is 15.3 Å². The molecule has 6 N–H and O–H groups in total. The molecule has 1 aromatic heterocycles. The summed E-state index contributed by atoms with van der Waals surface area (Å²) in [5, 5.41) is 7.80. The maximum atomic E-state index is 12.1. The van der Waals surface area contributed by atoms with E-state index in [4.69, 9.17) is 5.73 Å². The molecule has 0 bridgehead atoms. The first-order valence-electron chi connectivity index (χ1n) is 7.20. The zero-order valence-electron chi connectivity index (χ0n) is 13.1. The monoisotopic (exact) mass is 330 g/mol. The second-order valence-electron chi connectivity index (χ2n) is 5.01. The van der Waals surface area contributed by atoms with Crippen molar-refractivity contribution in [2.75, 3.05) is 17.2 Å². The number of hydrogen-bond acceptors (Lipinski definition) is 4. The average molecular weight is 330 g/mol. The molecule has 2 aromatic rings. The minimum absolute atomic E-state index is 0.0620. The van der Waals surface area contributed by atoms with Crippen LogP contribution in [-0.4, -0.2) is 34.4 Å². The van der Waals surface area contributed by atoms with Crippen LogP contribution in [-0.2, 0) is 4.79 Å². The Hall–Kier alpha value is -3.36. The molecule has 1 heterocycles. The van der Waals surface area contributed by atoms with Crippen LogP contribution in [0.5, 0.6) is 0 Å². The summed E-state index contributed by atoms with van der Waals surface area (Å²) < 4.78 is 0. The molecule has 24 heavy (non-hydrogen) atoms. The average Bonchev–Trinajstić information content (AvgIpc) is 2.93. The minimum Gasteiger partial charge on any atom is -0.370 e. The SMILES string of the molecule is Cc1[nH]cnc1C(=O)Nc1cccc(NC(=O)NCCC(N)=O)c1. The number of H-pyrrole nitrogens is 1. The number of urea groups is 1. The van der Waals surface area contributed by atoms with Crippen molar-refractivity contribution in [2.45, 2.75) is 13.3 Å². The van der Waals surface area contributed by atoms with Crippen LogP contribution in [0.3, 0.4) is 0 Å². The standard InChI is InChI=1S/C15H18N6O3/c1-9-13(19-8-18-9)14(23)20-10-3-2-4-11(7-10)21-15(24)17-6-5-12(16)22/h2-4,7-8H,5-6H2,1H3,(H2,16,22)(H,18,19)(H,20,23)(H2,17,21,24). The number of anilines is 2. The lowest BCUT2D eigenvalue weighted by atomic mass is 10.2. The van der Waals surface area contributed by atoms with Gasteiger partial charge in [0.2, 0.25) is 5.91 Å². The molecule has 0 saturated heterocycles. The number of amides is 4. The second kappa shape index (κ2) is 7.77. The molecular formula is C15H18N6O3. The summed E-state index contributed by atoms with van der Waals surface area (Å²) in [6.45, 7) is 1.90. The maximum Gasteiger partial charge on any atom is 0.319 e. The zero-order chi connectivity index (χ0) is 17.5. The zero-order valence-corrected chi connectivity index (χ0v) is 13.1. The van der Waals surface area contributed by atoms with Gasteiger partial charge in [-0.2, -0.15) is 0 Å². The first-order chi connectivity index (χ1) is 11.5. The summed E-state index contributed by atoms with van der Waals surface area (Å²) in [5.74, 6) is -0.842. The van der Waals surface area contributed by atoms with E-state index < -0.39 is 11.9 Å². The molecule has 0 saturated carbocycles. The Labute approximate surface area is 138 Å². The summed E-state index contributed by atoms with van der Waals surface area (Å²) >= 11 is 0. The quantitative estimate of drug-likeness (QED) is 0.538. The van der Waals surface area contributed by atoms with Crippen molar-refractivity contribution < 1.29 is 14.4 Å². The Morgan fingerprint density at radius 1 is 1.21 bits per heavy atom. The first-order valence-corrected chi connectivity index (χ1v) is 7.20. The van der Waals surface area contributed by atoms with Crippen LogP contribution in [0.2, 0.25) is 0 Å². The highest BCUT2D eigenvalue weighted by molar-refractivity contribution is 6.04. The summed E-state index contributed by atoms with van der Waals surface area (Å²) in [6.07, 6.45) is 1.51. The van der Waals surface area contributed by atoms with E-state index in [1.807, 2.05) is 0 Å². The largest absolute Gasteiger partial charge is 0.370 e. The third-order valence-corrected chi connectivity index (χ3v) is 3.08. The molecule has 0 spiro atoms. The smallest absolute Gasteiger partial charge is 0.319 e. The van der Waals surface area contributed by atoms with Crippen LogP contribution in [0.4, 0.5) is 16.2 Å². The lowest BCUT2D eigenvalue weighted by Crippen LogP contribution is -2.31. The number of nitrogens with zero attached hydrogens (tertiary/aromatic N) is 1. The molecule has 9 nitrogen and oxygen atoms in total. The van der Waals surface area contributed by atoms with Crippen molar-refractivity contribution in [3.63, 3.8) is 0 Å². The number of benzene rings is 1. The van der Waals surface area contributed by atoms with Gasteiger partial charge in [-0.3, -0.25) is 9.59 Å². The van der Waals surface area contributed by atoms with Gasteiger partial charge < -0.3 is 26.7 Å². The minimum atomic E-state index is -0.492. The van der Waals surface area contributed by atoms with Crippen molar-refractivity contribution in [1.29, 1.82) is 0 Å². The van der Waals surface area contributed by atoms with Gasteiger partial charge in [-0.25, -0.2) is 9.78 Å². The molecule has 9 heteroatoms. The van der Waals surface area contributed by atoms with Gasteiger partial charge in [0.1, 0.15) is 5.69 Å². The fraction of sp³-hybridized carbons (Fsp3) is 0.200. The Balaban J connectivity index is 1.94. The van der Waals surface area contributed by atoms with Gasteiger partial charge in [0.05, 0.1) is 6.33 Å². The van der Waals surface area contributed by atoms with Gasteiger partial charge in [-0.05, 0) is 25.1 Å². The number of aryl methyl sites for hydroxylation is 1. The summed E-state index contributed by atoms with van der Waals surface area (Å²) in [5.41, 5.74) is 6.96. The van der Waals surface area contributed by atoms with Gasteiger partial charge in [-0.15, -0.1) is 0 Å². The Kier molecular flexibility index (Phi) is 5.50. The number of carbonyl (C=O) groups excluding carboxylic acids is 3. The van der Waals surface area contributed by atoms with Gasteiger partial charge in [0.25, 0.3) is 5.91 Å². The first kappa shape index (κ1) is 17.0.